The molecule has 0 saturated carbocycles. The summed E-state index contributed by atoms with van der Waals surface area (Å²) in [6.45, 7) is 0.417. The Balaban J connectivity index is 2.12. The fraction of sp³-hybridized carbons (Fsp3) is 0.200. The van der Waals surface area contributed by atoms with Gasteiger partial charge in [0.25, 0.3) is 5.69 Å². The number of nitrogens with one attached hydrogen (secondary N) is 1. The largest absolute Gasteiger partial charge is 0.380 e. The lowest BCUT2D eigenvalue weighted by molar-refractivity contribution is -0.384. The van der Waals surface area contributed by atoms with Gasteiger partial charge in [-0.3, -0.25) is 14.3 Å². The molecule has 0 radical (unpaired) electrons. The third-order valence-corrected chi connectivity index (χ3v) is 4.07. The van der Waals surface area contributed by atoms with Crippen molar-refractivity contribution in [2.45, 2.75) is 12.3 Å². The number of nitrogens with zero attached hydrogens (tertiary/aromatic N) is 1. The zero-order valence-corrected chi connectivity index (χ0v) is 13.5. The van der Waals surface area contributed by atoms with Crippen molar-refractivity contribution in [1.82, 2.24) is 0 Å². The van der Waals surface area contributed by atoms with Crippen LogP contribution in [0.25, 0.3) is 0 Å². The van der Waals surface area contributed by atoms with E-state index in [0.29, 0.717) is 17.3 Å². The van der Waals surface area contributed by atoms with Gasteiger partial charge < -0.3 is 5.32 Å². The van der Waals surface area contributed by atoms with Crippen LogP contribution in [0, 0.1) is 10.1 Å². The fourth-order valence-electron chi connectivity index (χ4n) is 2.01. The first kappa shape index (κ1) is 16.5. The van der Waals surface area contributed by atoms with Crippen LogP contribution in [-0.4, -0.2) is 15.4 Å². The Labute approximate surface area is 135 Å². The predicted octanol–water partition coefficient (Wildman–Crippen LogP) is 3.74. The van der Waals surface area contributed by atoms with Gasteiger partial charge in [0.1, 0.15) is 0 Å². The van der Waals surface area contributed by atoms with Crippen LogP contribution in [0.4, 0.5) is 11.4 Å². The molecule has 2 aromatic carbocycles. The van der Waals surface area contributed by atoms with E-state index in [4.69, 9.17) is 11.6 Å². The molecule has 2 rings (SSSR count). The zero-order chi connectivity index (χ0) is 16.1. The Morgan fingerprint density at radius 2 is 2.00 bits per heavy atom. The van der Waals surface area contributed by atoms with E-state index in [0.717, 1.165) is 16.8 Å². The summed E-state index contributed by atoms with van der Waals surface area (Å²) in [4.78, 5) is 10.3. The van der Waals surface area contributed by atoms with Gasteiger partial charge in [-0.1, -0.05) is 29.8 Å². The Morgan fingerprint density at radius 3 is 2.68 bits per heavy atom. The highest BCUT2D eigenvalue weighted by molar-refractivity contribution is 7.83. The van der Waals surface area contributed by atoms with E-state index in [1.807, 2.05) is 12.1 Å². The van der Waals surface area contributed by atoms with Crippen molar-refractivity contribution in [3.63, 3.8) is 0 Å². The summed E-state index contributed by atoms with van der Waals surface area (Å²) in [5.74, 6) is 0.461. The summed E-state index contributed by atoms with van der Waals surface area (Å²) in [6, 6.07) is 11.9. The van der Waals surface area contributed by atoms with Gasteiger partial charge in [0.05, 0.1) is 15.6 Å². The van der Waals surface area contributed by atoms with Crippen molar-refractivity contribution in [3.05, 3.63) is 68.7 Å². The number of non-ortho nitro benzene ring substituents is 1. The number of hydrogen-bond donors (Lipinski definition) is 1. The summed E-state index contributed by atoms with van der Waals surface area (Å²) >= 11 is 6.13. The predicted molar refractivity (Wildman–Crippen MR) is 89.6 cm³/mol. The van der Waals surface area contributed by atoms with Crippen LogP contribution in [0.3, 0.4) is 0 Å². The number of anilines is 1. The molecule has 0 bridgehead atoms. The molecule has 2 aromatic rings. The second kappa shape index (κ2) is 7.38. The van der Waals surface area contributed by atoms with Gasteiger partial charge in [0.2, 0.25) is 0 Å². The molecule has 1 unspecified atom stereocenters. The van der Waals surface area contributed by atoms with Crippen molar-refractivity contribution in [3.8, 4) is 0 Å². The maximum atomic E-state index is 11.3. The smallest absolute Gasteiger partial charge is 0.269 e. The topological polar surface area (TPSA) is 72.2 Å². The Morgan fingerprint density at radius 1 is 1.23 bits per heavy atom. The molecule has 22 heavy (non-hydrogen) atoms. The number of halogens is 1. The molecule has 0 saturated heterocycles. The summed E-state index contributed by atoms with van der Waals surface area (Å²) in [7, 11) is -0.926. The van der Waals surface area contributed by atoms with Gasteiger partial charge in [-0.2, -0.15) is 0 Å². The number of nitro groups is 1. The summed E-state index contributed by atoms with van der Waals surface area (Å²) in [6.07, 6.45) is 1.64. The van der Waals surface area contributed by atoms with E-state index in [1.165, 1.54) is 12.1 Å². The standard InChI is InChI=1S/C15H15ClN2O3S/c1-22(21)10-12-5-6-14(16)15(8-12)17-9-11-3-2-4-13(7-11)18(19)20/h2-8,17H,9-10H2,1H3. The number of nitro benzene ring substituents is 1. The van der Waals surface area contributed by atoms with Crippen molar-refractivity contribution < 1.29 is 9.13 Å². The molecule has 0 amide bonds. The van der Waals surface area contributed by atoms with Gasteiger partial charge in [-0.05, 0) is 23.3 Å². The molecule has 1 atom stereocenters. The first-order chi connectivity index (χ1) is 10.5. The molecular weight excluding hydrogens is 324 g/mol. The number of hydrogen-bond acceptors (Lipinski definition) is 4. The molecule has 116 valence electrons. The molecule has 0 aliphatic carbocycles. The summed E-state index contributed by atoms with van der Waals surface area (Å²) in [5, 5.41) is 14.5. The van der Waals surface area contributed by atoms with Crippen molar-refractivity contribution >= 4 is 33.8 Å². The van der Waals surface area contributed by atoms with Gasteiger partial charge in [0, 0.05) is 41.5 Å². The van der Waals surface area contributed by atoms with Gasteiger partial charge >= 0.3 is 0 Å². The van der Waals surface area contributed by atoms with E-state index in [1.54, 1.807) is 24.5 Å². The highest BCUT2D eigenvalue weighted by Crippen LogP contribution is 2.24. The molecule has 0 aromatic heterocycles. The Bertz CT molecular complexity index is 722. The lowest BCUT2D eigenvalue weighted by Gasteiger charge is -2.10. The number of benzene rings is 2. The molecule has 1 N–H and O–H groups in total. The third kappa shape index (κ3) is 4.54. The van der Waals surface area contributed by atoms with Gasteiger partial charge in [-0.15, -0.1) is 0 Å². The van der Waals surface area contributed by atoms with Crippen molar-refractivity contribution in [2.75, 3.05) is 11.6 Å². The zero-order valence-electron chi connectivity index (χ0n) is 11.9. The van der Waals surface area contributed by atoms with Gasteiger partial charge in [0.15, 0.2) is 0 Å². The van der Waals surface area contributed by atoms with E-state index < -0.39 is 15.7 Å². The fourth-order valence-corrected chi connectivity index (χ4v) is 2.84. The minimum absolute atomic E-state index is 0.0560. The average Bonchev–Trinajstić information content (AvgIpc) is 2.47. The average molecular weight is 339 g/mol. The minimum atomic E-state index is -0.926. The molecule has 0 aliphatic rings. The monoisotopic (exact) mass is 338 g/mol. The normalized spacial score (nSPS) is 11.9. The minimum Gasteiger partial charge on any atom is -0.380 e. The van der Waals surface area contributed by atoms with Crippen LogP contribution >= 0.6 is 11.6 Å². The Hall–Kier alpha value is -1.92. The van der Waals surface area contributed by atoms with Crippen LogP contribution in [0.15, 0.2) is 42.5 Å². The van der Waals surface area contributed by atoms with E-state index >= 15 is 0 Å². The highest BCUT2D eigenvalue weighted by atomic mass is 35.5. The highest BCUT2D eigenvalue weighted by Gasteiger charge is 2.07. The second-order valence-corrected chi connectivity index (χ2v) is 6.65. The number of rotatable bonds is 6. The molecular formula is C15H15ClN2O3S. The maximum Gasteiger partial charge on any atom is 0.269 e. The summed E-state index contributed by atoms with van der Waals surface area (Å²) in [5.41, 5.74) is 2.48. The van der Waals surface area contributed by atoms with E-state index in [2.05, 4.69) is 5.32 Å². The summed E-state index contributed by atoms with van der Waals surface area (Å²) < 4.78 is 11.3. The molecule has 0 spiro atoms. The molecule has 0 aliphatic heterocycles. The van der Waals surface area contributed by atoms with E-state index in [9.17, 15) is 14.3 Å². The van der Waals surface area contributed by atoms with E-state index in [-0.39, 0.29) is 5.69 Å². The second-order valence-electron chi connectivity index (χ2n) is 4.81. The first-order valence-corrected chi connectivity index (χ1v) is 8.62. The van der Waals surface area contributed by atoms with Crippen LogP contribution in [-0.2, 0) is 23.1 Å². The van der Waals surface area contributed by atoms with Crippen LogP contribution in [0.1, 0.15) is 11.1 Å². The van der Waals surface area contributed by atoms with Crippen molar-refractivity contribution in [2.24, 2.45) is 0 Å². The van der Waals surface area contributed by atoms with Crippen molar-refractivity contribution in [1.29, 1.82) is 0 Å². The molecule has 7 heteroatoms. The molecule has 0 heterocycles. The lowest BCUT2D eigenvalue weighted by atomic mass is 10.2. The molecule has 0 fully saturated rings. The molecule has 5 nitrogen and oxygen atoms in total. The first-order valence-electron chi connectivity index (χ1n) is 6.51. The SMILES string of the molecule is CS(=O)Cc1ccc(Cl)c(NCc2cccc([N+](=O)[O-])c2)c1. The van der Waals surface area contributed by atoms with Crippen LogP contribution in [0.5, 0.6) is 0 Å². The Kier molecular flexibility index (Phi) is 5.51. The van der Waals surface area contributed by atoms with Crippen LogP contribution < -0.4 is 5.32 Å². The van der Waals surface area contributed by atoms with Gasteiger partial charge in [-0.25, -0.2) is 0 Å². The lowest BCUT2D eigenvalue weighted by Crippen LogP contribution is -2.02. The quantitative estimate of drug-likeness (QED) is 0.643. The van der Waals surface area contributed by atoms with Crippen LogP contribution in [0.2, 0.25) is 5.02 Å². The maximum absolute atomic E-state index is 11.3. The third-order valence-electron chi connectivity index (χ3n) is 3.01.